The second-order valence-corrected chi connectivity index (χ2v) is 12.5. The Balaban J connectivity index is 1.01. The van der Waals surface area contributed by atoms with E-state index in [0.29, 0.717) is 63.7 Å². The summed E-state index contributed by atoms with van der Waals surface area (Å²) in [6, 6.07) is 24.1. The maximum atomic E-state index is 13.8. The van der Waals surface area contributed by atoms with E-state index in [-0.39, 0.29) is 24.3 Å². The van der Waals surface area contributed by atoms with E-state index in [2.05, 4.69) is 4.90 Å². The highest BCUT2D eigenvalue weighted by Crippen LogP contribution is 2.27. The zero-order valence-electron chi connectivity index (χ0n) is 27.1. The van der Waals surface area contributed by atoms with Crippen molar-refractivity contribution in [1.82, 2.24) is 24.6 Å². The highest BCUT2D eigenvalue weighted by atomic mass is 16.5. The Morgan fingerprint density at radius 1 is 0.681 bits per heavy atom. The number of pyridine rings is 1. The van der Waals surface area contributed by atoms with Gasteiger partial charge in [-0.15, -0.1) is 0 Å². The van der Waals surface area contributed by atoms with E-state index in [1.54, 1.807) is 6.92 Å². The lowest BCUT2D eigenvalue weighted by Gasteiger charge is -2.43. The largest absolute Gasteiger partial charge is 0.459 e. The van der Waals surface area contributed by atoms with Crippen molar-refractivity contribution < 1.29 is 23.9 Å². The Hall–Kier alpha value is -4.57. The van der Waals surface area contributed by atoms with Gasteiger partial charge in [-0.2, -0.15) is 0 Å². The number of nitrogens with zero attached hydrogens (tertiary/aromatic N) is 5. The van der Waals surface area contributed by atoms with Crippen molar-refractivity contribution in [1.29, 1.82) is 0 Å². The highest BCUT2D eigenvalue weighted by molar-refractivity contribution is 6.32. The van der Waals surface area contributed by atoms with Gasteiger partial charge in [0.2, 0.25) is 5.91 Å². The molecule has 10 nitrogen and oxygen atoms in total. The van der Waals surface area contributed by atoms with Gasteiger partial charge >= 0.3 is 11.9 Å². The van der Waals surface area contributed by atoms with Crippen LogP contribution < -0.4 is 0 Å². The summed E-state index contributed by atoms with van der Waals surface area (Å²) in [6.45, 7) is 6.99. The van der Waals surface area contributed by atoms with Crippen LogP contribution in [0.4, 0.5) is 0 Å². The lowest BCUT2D eigenvalue weighted by Crippen LogP contribution is -2.55. The fourth-order valence-electron chi connectivity index (χ4n) is 7.00. The first-order valence-corrected chi connectivity index (χ1v) is 16.8. The second-order valence-electron chi connectivity index (χ2n) is 12.5. The van der Waals surface area contributed by atoms with Crippen LogP contribution >= 0.6 is 0 Å². The van der Waals surface area contributed by atoms with Crippen LogP contribution in [0.3, 0.4) is 0 Å². The number of ether oxygens (including phenoxy) is 1. The molecule has 246 valence electrons. The topological polar surface area (TPSA) is 103 Å². The Morgan fingerprint density at radius 2 is 1.21 bits per heavy atom. The molecule has 2 aromatic carbocycles. The van der Waals surface area contributed by atoms with E-state index < -0.39 is 11.9 Å². The second kappa shape index (κ2) is 14.9. The average molecular weight is 638 g/mol. The molecule has 0 atom stereocenters. The molecule has 0 N–H and O–H groups in total. The first kappa shape index (κ1) is 32.4. The fourth-order valence-corrected chi connectivity index (χ4v) is 7.00. The molecule has 1 aromatic heterocycles. The van der Waals surface area contributed by atoms with E-state index in [1.807, 2.05) is 82.6 Å². The number of carbonyl (C=O) groups excluding carboxylic acids is 4. The molecule has 6 rings (SSSR count). The SMILES string of the molecule is CCOC(=O)C(=O)N1CCC(C(=O)N2CCC(N3CCN(C(=O)c4cc(-c5ccccc5)nc(-c5ccccc5)c4)CC3)CC2)CC1. The van der Waals surface area contributed by atoms with Crippen LogP contribution in [-0.4, -0.2) is 113 Å². The molecule has 0 saturated carbocycles. The molecule has 3 aromatic rings. The lowest BCUT2D eigenvalue weighted by atomic mass is 9.93. The summed E-state index contributed by atoms with van der Waals surface area (Å²) in [5.74, 6) is -1.38. The number of piperazine rings is 1. The van der Waals surface area contributed by atoms with Crippen LogP contribution in [0.2, 0.25) is 0 Å². The van der Waals surface area contributed by atoms with Crippen LogP contribution in [0.5, 0.6) is 0 Å². The smallest absolute Gasteiger partial charge is 0.397 e. The first-order valence-electron chi connectivity index (χ1n) is 16.8. The summed E-state index contributed by atoms with van der Waals surface area (Å²) in [5, 5.41) is 0. The van der Waals surface area contributed by atoms with Crippen LogP contribution in [0, 0.1) is 5.92 Å². The van der Waals surface area contributed by atoms with Gasteiger partial charge in [0.1, 0.15) is 0 Å². The Morgan fingerprint density at radius 3 is 1.74 bits per heavy atom. The number of rotatable bonds is 6. The average Bonchev–Trinajstić information content (AvgIpc) is 3.15. The van der Waals surface area contributed by atoms with E-state index in [1.165, 1.54) is 4.90 Å². The summed E-state index contributed by atoms with van der Waals surface area (Å²) in [7, 11) is 0. The number of benzene rings is 2. The summed E-state index contributed by atoms with van der Waals surface area (Å²) in [6.07, 6.45) is 2.95. The van der Waals surface area contributed by atoms with Crippen molar-refractivity contribution in [3.05, 3.63) is 78.4 Å². The highest BCUT2D eigenvalue weighted by Gasteiger charge is 2.35. The fraction of sp³-hybridized carbons (Fsp3) is 0.432. The molecule has 0 bridgehead atoms. The number of hydrogen-bond donors (Lipinski definition) is 0. The van der Waals surface area contributed by atoms with Crippen molar-refractivity contribution in [3.63, 3.8) is 0 Å². The summed E-state index contributed by atoms with van der Waals surface area (Å²) in [5.41, 5.74) is 4.16. The van der Waals surface area contributed by atoms with E-state index >= 15 is 0 Å². The lowest BCUT2D eigenvalue weighted by molar-refractivity contribution is -0.161. The zero-order chi connectivity index (χ0) is 32.8. The molecule has 0 spiro atoms. The van der Waals surface area contributed by atoms with E-state index in [0.717, 1.165) is 48.4 Å². The Kier molecular flexibility index (Phi) is 10.3. The Labute approximate surface area is 276 Å². The predicted octanol–water partition coefficient (Wildman–Crippen LogP) is 3.97. The molecule has 3 aliphatic rings. The summed E-state index contributed by atoms with van der Waals surface area (Å²) >= 11 is 0. The predicted molar refractivity (Wildman–Crippen MR) is 178 cm³/mol. The summed E-state index contributed by atoms with van der Waals surface area (Å²) in [4.78, 5) is 64.0. The van der Waals surface area contributed by atoms with Gasteiger partial charge in [-0.1, -0.05) is 60.7 Å². The third-order valence-electron chi connectivity index (χ3n) is 9.69. The quantitative estimate of drug-likeness (QED) is 0.298. The number of amides is 3. The molecule has 0 aliphatic carbocycles. The molecule has 3 aliphatic heterocycles. The van der Waals surface area contributed by atoms with Gasteiger partial charge in [-0.05, 0) is 44.7 Å². The van der Waals surface area contributed by atoms with Gasteiger partial charge in [0.15, 0.2) is 0 Å². The number of likely N-dealkylation sites (tertiary alicyclic amines) is 2. The van der Waals surface area contributed by atoms with Gasteiger partial charge in [0.05, 0.1) is 18.0 Å². The maximum absolute atomic E-state index is 13.8. The van der Waals surface area contributed by atoms with Crippen LogP contribution in [0.1, 0.15) is 43.0 Å². The van der Waals surface area contributed by atoms with Crippen molar-refractivity contribution in [2.24, 2.45) is 5.92 Å². The van der Waals surface area contributed by atoms with Gasteiger partial charge in [-0.25, -0.2) is 9.78 Å². The van der Waals surface area contributed by atoms with E-state index in [9.17, 15) is 19.2 Å². The minimum absolute atomic E-state index is 0.0248. The monoisotopic (exact) mass is 637 g/mol. The number of piperidine rings is 2. The van der Waals surface area contributed by atoms with Crippen LogP contribution in [0.25, 0.3) is 22.5 Å². The molecule has 47 heavy (non-hydrogen) atoms. The van der Waals surface area contributed by atoms with Crippen molar-refractivity contribution in [3.8, 4) is 22.5 Å². The molecule has 10 heteroatoms. The van der Waals surface area contributed by atoms with Gasteiger partial charge in [0.25, 0.3) is 5.91 Å². The molecule has 3 fully saturated rings. The van der Waals surface area contributed by atoms with Crippen molar-refractivity contribution in [2.45, 2.75) is 38.6 Å². The molecule has 3 amide bonds. The minimum Gasteiger partial charge on any atom is -0.459 e. The maximum Gasteiger partial charge on any atom is 0.397 e. The van der Waals surface area contributed by atoms with E-state index in [4.69, 9.17) is 9.72 Å². The van der Waals surface area contributed by atoms with Gasteiger partial charge in [0, 0.05) is 81.0 Å². The third kappa shape index (κ3) is 7.54. The van der Waals surface area contributed by atoms with Crippen LogP contribution in [0.15, 0.2) is 72.8 Å². The van der Waals surface area contributed by atoms with Crippen LogP contribution in [-0.2, 0) is 19.1 Å². The summed E-state index contributed by atoms with van der Waals surface area (Å²) < 4.78 is 4.83. The molecule has 4 heterocycles. The van der Waals surface area contributed by atoms with Crippen molar-refractivity contribution in [2.75, 3.05) is 59.0 Å². The molecule has 0 unspecified atom stereocenters. The normalized spacial score (nSPS) is 18.2. The molecular formula is C37H43N5O5. The number of aromatic nitrogens is 1. The number of hydrogen-bond acceptors (Lipinski definition) is 7. The molecule has 3 saturated heterocycles. The Bertz CT molecular complexity index is 1500. The standard InChI is InChI=1S/C37H43N5O5/c1-2-47-37(46)36(45)41-17-13-29(14-18-41)34(43)40-19-15-31(16-20-40)39-21-23-42(24-22-39)35(44)30-25-32(27-9-5-3-6-10-27)38-33(26-30)28-11-7-4-8-12-28/h3-12,25-26,29,31H,2,13-24H2,1H3. The van der Waals surface area contributed by atoms with Gasteiger partial charge in [-0.3, -0.25) is 19.3 Å². The zero-order valence-corrected chi connectivity index (χ0v) is 27.1. The molecule has 0 radical (unpaired) electrons. The van der Waals surface area contributed by atoms with Gasteiger partial charge < -0.3 is 19.4 Å². The molecular weight excluding hydrogens is 594 g/mol. The number of esters is 1. The van der Waals surface area contributed by atoms with Crippen molar-refractivity contribution >= 4 is 23.7 Å². The first-order chi connectivity index (χ1) is 22.9. The number of carbonyl (C=O) groups is 4. The third-order valence-corrected chi connectivity index (χ3v) is 9.69. The minimum atomic E-state index is -0.823.